The molecule has 0 aromatic heterocycles. The van der Waals surface area contributed by atoms with Crippen LogP contribution in [0.5, 0.6) is 0 Å². The number of halogens is 1. The molecule has 0 spiro atoms. The van der Waals surface area contributed by atoms with Gasteiger partial charge in [-0.25, -0.2) is 0 Å². The minimum absolute atomic E-state index is 0.00382. The highest BCUT2D eigenvalue weighted by atomic mass is 127. The number of rotatable bonds is 29. The quantitative estimate of drug-likeness (QED) is 0.0426. The normalized spacial score (nSPS) is 26.8. The average molecular weight is 879 g/mol. The average Bonchev–Trinajstić information content (AvgIpc) is 3.09. The lowest BCUT2D eigenvalue weighted by atomic mass is 9.72. The number of alkyl halides is 1. The monoisotopic (exact) mass is 878 g/mol. The van der Waals surface area contributed by atoms with Crippen LogP contribution in [0.1, 0.15) is 87.0 Å². The van der Waals surface area contributed by atoms with Gasteiger partial charge in [0.25, 0.3) is 0 Å². The van der Waals surface area contributed by atoms with Gasteiger partial charge in [0, 0.05) is 22.2 Å². The van der Waals surface area contributed by atoms with Crippen LogP contribution >= 0.6 is 22.6 Å². The van der Waals surface area contributed by atoms with Crippen molar-refractivity contribution in [1.82, 2.24) is 10.1 Å². The molecule has 2 fully saturated rings. The summed E-state index contributed by atoms with van der Waals surface area (Å²) in [5.74, 6) is -0.243. The van der Waals surface area contributed by atoms with Crippen LogP contribution < -0.4 is 0 Å². The van der Waals surface area contributed by atoms with Gasteiger partial charge in [-0.1, -0.05) is 22.6 Å². The molecule has 0 aliphatic carbocycles. The van der Waals surface area contributed by atoms with Crippen molar-refractivity contribution in [3.63, 3.8) is 0 Å². The molecule has 0 radical (unpaired) electrons. The van der Waals surface area contributed by atoms with Gasteiger partial charge in [-0.3, -0.25) is 4.79 Å². The molecule has 314 valence electrons. The number of hydroxylamine groups is 4. The highest BCUT2D eigenvalue weighted by Crippen LogP contribution is 2.45. The number of hydrogen-bond acceptors (Lipinski definition) is 15. The third-order valence-electron chi connectivity index (χ3n) is 9.84. The first kappa shape index (κ1) is 48.8. The lowest BCUT2D eigenvalue weighted by Gasteiger charge is -2.56. The maximum atomic E-state index is 11.5. The molecule has 0 amide bonds. The third-order valence-corrected chi connectivity index (χ3v) is 10.4. The summed E-state index contributed by atoms with van der Waals surface area (Å²) in [7, 11) is 0. The van der Waals surface area contributed by atoms with Crippen LogP contribution in [0.3, 0.4) is 0 Å². The van der Waals surface area contributed by atoms with Crippen LogP contribution in [-0.2, 0) is 47.4 Å². The number of carbonyl (C=O) groups is 1. The van der Waals surface area contributed by atoms with Crippen LogP contribution in [-0.4, -0.2) is 176 Å². The van der Waals surface area contributed by atoms with Gasteiger partial charge in [0.15, 0.2) is 0 Å². The van der Waals surface area contributed by atoms with Crippen molar-refractivity contribution in [2.75, 3.05) is 106 Å². The Morgan fingerprint density at radius 3 is 1.25 bits per heavy atom. The molecule has 2 aliphatic heterocycles. The number of nitrogens with zero attached hydrogens (tertiary/aromatic N) is 2. The molecule has 15 nitrogen and oxygen atoms in total. The molecule has 0 saturated carbocycles. The van der Waals surface area contributed by atoms with E-state index in [9.17, 15) is 15.2 Å². The lowest BCUT2D eigenvalue weighted by molar-refractivity contribution is -0.285. The van der Waals surface area contributed by atoms with Crippen molar-refractivity contribution >= 4 is 28.6 Å². The molecular formula is C37H71IN2O13. The summed E-state index contributed by atoms with van der Waals surface area (Å²) in [6.45, 7) is 20.3. The second-order valence-corrected chi connectivity index (χ2v) is 17.6. The van der Waals surface area contributed by atoms with Gasteiger partial charge in [0.05, 0.1) is 111 Å². The van der Waals surface area contributed by atoms with Crippen molar-refractivity contribution < 1.29 is 62.9 Å². The Hall–Kier alpha value is -0.320. The molecule has 16 heteroatoms. The van der Waals surface area contributed by atoms with E-state index in [0.29, 0.717) is 131 Å². The van der Waals surface area contributed by atoms with E-state index in [1.165, 1.54) is 10.1 Å². The zero-order valence-electron chi connectivity index (χ0n) is 33.5. The lowest BCUT2D eigenvalue weighted by Crippen LogP contribution is -2.64. The largest absolute Gasteiger partial charge is 0.462 e. The molecule has 2 aliphatic rings. The summed E-state index contributed by atoms with van der Waals surface area (Å²) in [6.07, 6.45) is 3.85. The minimum atomic E-state index is -0.568. The number of ether oxygens (including phenoxy) is 9. The van der Waals surface area contributed by atoms with Crippen LogP contribution in [0, 0.1) is 0 Å². The molecule has 2 rings (SSSR count). The standard InChI is InChI=1S/C37H71IN2O13/c1-30(38)33(42)53-25-22-50-19-16-47-15-18-49-21-24-52-32-27-35(4,5)40(44)37(7,29-32)9-8-36(6)28-31(26-34(2,3)39(36)43)51-23-20-48-17-14-46-13-12-45-11-10-41/h30-32,41,43-44H,8-29H2,1-7H3. The predicted molar refractivity (Wildman–Crippen MR) is 206 cm³/mol. The highest BCUT2D eigenvalue weighted by Gasteiger charge is 2.52. The van der Waals surface area contributed by atoms with Crippen LogP contribution in [0.15, 0.2) is 0 Å². The Kier molecular flexibility index (Phi) is 23.2. The van der Waals surface area contributed by atoms with Crippen molar-refractivity contribution in [3.05, 3.63) is 0 Å². The topological polar surface area (TPSA) is 167 Å². The molecule has 3 N–H and O–H groups in total. The van der Waals surface area contributed by atoms with E-state index in [2.05, 4.69) is 13.8 Å². The van der Waals surface area contributed by atoms with E-state index in [1.54, 1.807) is 6.92 Å². The fourth-order valence-corrected chi connectivity index (χ4v) is 7.43. The van der Waals surface area contributed by atoms with Gasteiger partial charge in [-0.15, -0.1) is 0 Å². The maximum absolute atomic E-state index is 11.5. The van der Waals surface area contributed by atoms with Crippen molar-refractivity contribution in [2.24, 2.45) is 0 Å². The van der Waals surface area contributed by atoms with Gasteiger partial charge >= 0.3 is 5.97 Å². The fraction of sp³-hybridized carbons (Fsp3) is 0.973. The van der Waals surface area contributed by atoms with Gasteiger partial charge in [0.1, 0.15) is 10.5 Å². The minimum Gasteiger partial charge on any atom is -0.462 e. The number of hydrogen-bond donors (Lipinski definition) is 3. The van der Waals surface area contributed by atoms with E-state index in [1.807, 2.05) is 50.3 Å². The molecule has 0 aromatic carbocycles. The second-order valence-electron chi connectivity index (χ2n) is 15.7. The highest BCUT2D eigenvalue weighted by molar-refractivity contribution is 14.1. The number of piperidine rings is 2. The Labute approximate surface area is 331 Å². The third kappa shape index (κ3) is 18.2. The summed E-state index contributed by atoms with van der Waals surface area (Å²) in [6, 6.07) is 0. The Morgan fingerprint density at radius 2 is 0.906 bits per heavy atom. The molecule has 2 saturated heterocycles. The number of esters is 1. The summed E-state index contributed by atoms with van der Waals surface area (Å²) >= 11 is 2.01. The van der Waals surface area contributed by atoms with Gasteiger partial charge in [-0.2, -0.15) is 10.1 Å². The molecule has 0 bridgehead atoms. The zero-order valence-corrected chi connectivity index (χ0v) is 35.6. The van der Waals surface area contributed by atoms with Crippen molar-refractivity contribution in [1.29, 1.82) is 0 Å². The summed E-state index contributed by atoms with van der Waals surface area (Å²) < 4.78 is 50.4. The van der Waals surface area contributed by atoms with Crippen LogP contribution in [0.4, 0.5) is 0 Å². The Morgan fingerprint density at radius 1 is 0.585 bits per heavy atom. The summed E-state index contributed by atoms with van der Waals surface area (Å²) in [5, 5.41) is 34.7. The Bertz CT molecular complexity index is 996. The van der Waals surface area contributed by atoms with E-state index in [0.717, 1.165) is 0 Å². The fourth-order valence-electron chi connectivity index (χ4n) is 7.25. The van der Waals surface area contributed by atoms with E-state index >= 15 is 0 Å². The molecule has 0 aromatic rings. The van der Waals surface area contributed by atoms with Crippen molar-refractivity contribution in [2.45, 2.75) is 125 Å². The molecule has 5 atom stereocenters. The SMILES string of the molecule is CC(I)C(=O)OCCOCCOCCOCCOC1CC(C)(C)N(O)C(C)(CCC2(C)CC(OCCOCCOCCOCCO)CC(C)(C)N2O)C1. The molecule has 53 heavy (non-hydrogen) atoms. The number of aliphatic hydroxyl groups is 1. The summed E-state index contributed by atoms with van der Waals surface area (Å²) in [4.78, 5) is 11.4. The predicted octanol–water partition coefficient (Wildman–Crippen LogP) is 4.04. The van der Waals surface area contributed by atoms with E-state index < -0.39 is 22.2 Å². The number of aliphatic hydroxyl groups excluding tert-OH is 1. The first-order valence-electron chi connectivity index (χ1n) is 19.2. The first-order valence-corrected chi connectivity index (χ1v) is 20.4. The Balaban J connectivity index is 1.72. The first-order chi connectivity index (χ1) is 25.1. The molecule has 5 unspecified atom stereocenters. The molecular weight excluding hydrogens is 807 g/mol. The van der Waals surface area contributed by atoms with E-state index in [-0.39, 0.29) is 35.3 Å². The second kappa shape index (κ2) is 25.1. The number of carbonyl (C=O) groups excluding carboxylic acids is 1. The van der Waals surface area contributed by atoms with Crippen LogP contribution in [0.2, 0.25) is 0 Å². The summed E-state index contributed by atoms with van der Waals surface area (Å²) in [5.41, 5.74) is -2.13. The molecule has 2 heterocycles. The van der Waals surface area contributed by atoms with Gasteiger partial charge in [-0.05, 0) is 87.0 Å². The van der Waals surface area contributed by atoms with Crippen LogP contribution in [0.25, 0.3) is 0 Å². The van der Waals surface area contributed by atoms with Crippen molar-refractivity contribution in [3.8, 4) is 0 Å². The smallest absolute Gasteiger partial charge is 0.318 e. The van der Waals surface area contributed by atoms with Gasteiger partial charge < -0.3 is 58.2 Å². The maximum Gasteiger partial charge on any atom is 0.318 e. The van der Waals surface area contributed by atoms with E-state index in [4.69, 9.17) is 47.7 Å². The zero-order chi connectivity index (χ0) is 39.4. The van der Waals surface area contributed by atoms with Gasteiger partial charge in [0.2, 0.25) is 0 Å².